The van der Waals surface area contributed by atoms with Gasteiger partial charge in [0.1, 0.15) is 22.6 Å². The summed E-state index contributed by atoms with van der Waals surface area (Å²) >= 11 is 4.92. The Morgan fingerprint density at radius 2 is 1.54 bits per heavy atom. The van der Waals surface area contributed by atoms with Gasteiger partial charge < -0.3 is 28.9 Å². The maximum Gasteiger partial charge on any atom is 0.275 e. The first-order chi connectivity index (χ1) is 25.2. The van der Waals surface area contributed by atoms with Crippen LogP contribution in [0.5, 0.6) is 5.75 Å². The number of aromatic nitrogens is 2. The zero-order valence-corrected chi connectivity index (χ0v) is 33.8. The van der Waals surface area contributed by atoms with Crippen LogP contribution in [0, 0.1) is 0 Å². The van der Waals surface area contributed by atoms with Gasteiger partial charge in [0.15, 0.2) is 4.96 Å². The number of nitrogens with zero attached hydrogens (tertiary/aromatic N) is 3. The Balaban J connectivity index is 0.933. The number of hydrogen-bond acceptors (Lipinski definition) is 9. The fraction of sp³-hybridized carbons (Fsp3) is 0.400. The zero-order chi connectivity index (χ0) is 36.6. The molecule has 0 radical (unpaired) electrons. The van der Waals surface area contributed by atoms with Crippen LogP contribution >= 0.6 is 27.3 Å². The summed E-state index contributed by atoms with van der Waals surface area (Å²) in [6.45, 7) is 11.6. The molecule has 6 rings (SSSR count). The van der Waals surface area contributed by atoms with Crippen LogP contribution in [-0.2, 0) is 13.9 Å². The summed E-state index contributed by atoms with van der Waals surface area (Å²) in [5.41, 5.74) is 1.12. The quantitative estimate of drug-likeness (QED) is 0.0906. The maximum absolute atomic E-state index is 12.8. The van der Waals surface area contributed by atoms with E-state index in [1.807, 2.05) is 11.4 Å². The molecule has 5 aromatic rings. The Morgan fingerprint density at radius 1 is 0.885 bits per heavy atom. The summed E-state index contributed by atoms with van der Waals surface area (Å²) < 4.78 is 26.8. The average Bonchev–Trinajstić information content (AvgIpc) is 3.62. The second-order valence-electron chi connectivity index (χ2n) is 14.3. The number of benzene rings is 3. The van der Waals surface area contributed by atoms with Crippen LogP contribution in [0.15, 0.2) is 106 Å². The summed E-state index contributed by atoms with van der Waals surface area (Å²) in [4.78, 5) is 20.5. The molecule has 3 aromatic carbocycles. The molecule has 0 bridgehead atoms. The molecule has 2 atom stereocenters. The van der Waals surface area contributed by atoms with Crippen molar-refractivity contribution in [1.82, 2.24) is 14.3 Å². The molecule has 1 fully saturated rings. The minimum atomic E-state index is -2.56. The first-order valence-electron chi connectivity index (χ1n) is 17.9. The number of likely N-dealkylation sites (tertiary alicyclic amines) is 1. The van der Waals surface area contributed by atoms with E-state index >= 15 is 0 Å². The highest BCUT2D eigenvalue weighted by Crippen LogP contribution is 2.37. The second-order valence-corrected chi connectivity index (χ2v) is 20.3. The minimum Gasteiger partial charge on any atom is -0.491 e. The van der Waals surface area contributed by atoms with E-state index in [0.29, 0.717) is 60.8 Å². The number of fused-ring (bicyclic) bond motifs is 1. The van der Waals surface area contributed by atoms with Crippen LogP contribution in [-0.4, -0.2) is 88.4 Å². The van der Waals surface area contributed by atoms with Crippen LogP contribution in [0.2, 0.25) is 5.04 Å². The Labute approximate surface area is 320 Å². The fourth-order valence-corrected chi connectivity index (χ4v) is 12.9. The zero-order valence-electron chi connectivity index (χ0n) is 30.4. The summed E-state index contributed by atoms with van der Waals surface area (Å²) in [5.74, 6) is 1.73. The van der Waals surface area contributed by atoms with Crippen molar-refractivity contribution in [3.8, 4) is 5.75 Å². The Kier molecular flexibility index (Phi) is 13.0. The van der Waals surface area contributed by atoms with E-state index in [2.05, 4.69) is 133 Å². The largest absolute Gasteiger partial charge is 0.491 e. The third-order valence-corrected chi connectivity index (χ3v) is 16.1. The Bertz CT molecular complexity index is 1900. The predicted octanol–water partition coefficient (Wildman–Crippen LogP) is 6.41. The van der Waals surface area contributed by atoms with Crippen molar-refractivity contribution in [2.24, 2.45) is 0 Å². The van der Waals surface area contributed by atoms with Crippen LogP contribution in [0.1, 0.15) is 38.7 Å². The highest BCUT2D eigenvalue weighted by atomic mass is 79.9. The molecule has 52 heavy (non-hydrogen) atoms. The molecule has 2 aromatic heterocycles. The number of hydrogen-bond donors (Lipinski definition) is 1. The molecular weight excluding hydrogens is 757 g/mol. The van der Waals surface area contributed by atoms with Crippen molar-refractivity contribution >= 4 is 56.7 Å². The molecule has 0 saturated carbocycles. The number of rotatable bonds is 16. The van der Waals surface area contributed by atoms with Crippen LogP contribution in [0.25, 0.3) is 4.96 Å². The molecule has 1 N–H and O–H groups in total. The molecule has 0 aliphatic carbocycles. The van der Waals surface area contributed by atoms with Crippen molar-refractivity contribution in [2.75, 3.05) is 65.1 Å². The van der Waals surface area contributed by atoms with Gasteiger partial charge in [0, 0.05) is 30.7 Å². The highest BCUT2D eigenvalue weighted by Gasteiger charge is 2.50. The van der Waals surface area contributed by atoms with Gasteiger partial charge >= 0.3 is 0 Å². The van der Waals surface area contributed by atoms with E-state index in [-0.39, 0.29) is 16.6 Å². The second kappa shape index (κ2) is 17.6. The molecule has 1 aliphatic rings. The van der Waals surface area contributed by atoms with Gasteiger partial charge in [0.2, 0.25) is 0 Å². The SMILES string of the molecule is CN1C[C@H](Nc2nc3sccn3c(=O)c2Br)C[C@H](c2cccc(OCCOCCOCCO[Si](c3ccccc3)(c3ccccc3)C(C)(C)C)c2)C1. The monoisotopic (exact) mass is 804 g/mol. The highest BCUT2D eigenvalue weighted by molar-refractivity contribution is 9.10. The van der Waals surface area contributed by atoms with E-state index < -0.39 is 8.32 Å². The summed E-state index contributed by atoms with van der Waals surface area (Å²) in [6.07, 6.45) is 2.66. The molecule has 3 heterocycles. The maximum atomic E-state index is 12.8. The molecule has 0 unspecified atom stereocenters. The molecule has 276 valence electrons. The Hall–Kier alpha value is -3.36. The standard InChI is InChI=1S/C40H49BrN4O5SSi/c1-40(2,3)52(34-14-7-5-8-15-34,35-16-9-6-10-17-35)50-24-22-48-20-19-47-21-23-49-33-13-11-12-30(27-33)31-26-32(29-44(4)28-31)42-37-36(41)38(46)45-18-25-51-39(45)43-37/h5-18,25,27,31-32,42H,19-24,26,28-29H2,1-4H3/t31-,32+/m0/s1. The van der Waals surface area contributed by atoms with Gasteiger partial charge in [0.25, 0.3) is 13.9 Å². The molecular formula is C40H49BrN4O5SSi. The molecule has 9 nitrogen and oxygen atoms in total. The van der Waals surface area contributed by atoms with Gasteiger partial charge in [-0.15, -0.1) is 11.3 Å². The van der Waals surface area contributed by atoms with Crippen molar-refractivity contribution < 1.29 is 18.6 Å². The number of piperidine rings is 1. The minimum absolute atomic E-state index is 0.0663. The number of nitrogens with one attached hydrogen (secondary N) is 1. The van der Waals surface area contributed by atoms with Crippen molar-refractivity contribution in [2.45, 2.75) is 44.2 Å². The van der Waals surface area contributed by atoms with Gasteiger partial charge in [-0.25, -0.2) is 4.98 Å². The lowest BCUT2D eigenvalue weighted by atomic mass is 9.88. The lowest BCUT2D eigenvalue weighted by molar-refractivity contribution is 0.0264. The molecule has 0 amide bonds. The number of halogens is 1. The normalized spacial score (nSPS) is 17.0. The van der Waals surface area contributed by atoms with Gasteiger partial charge in [-0.2, -0.15) is 0 Å². The third-order valence-electron chi connectivity index (χ3n) is 9.55. The molecule has 1 aliphatic heterocycles. The number of likely N-dealkylation sites (N-methyl/N-ethyl adjacent to an activating group) is 1. The van der Waals surface area contributed by atoms with Crippen molar-refractivity contribution in [3.05, 3.63) is 117 Å². The lowest BCUT2D eigenvalue weighted by Gasteiger charge is -2.43. The van der Waals surface area contributed by atoms with E-state index in [1.54, 1.807) is 10.6 Å². The van der Waals surface area contributed by atoms with Crippen LogP contribution < -0.4 is 26.0 Å². The van der Waals surface area contributed by atoms with Crippen LogP contribution in [0.4, 0.5) is 5.82 Å². The van der Waals surface area contributed by atoms with E-state index in [1.165, 1.54) is 27.3 Å². The van der Waals surface area contributed by atoms with Gasteiger partial charge in [0.05, 0.1) is 33.0 Å². The van der Waals surface area contributed by atoms with Gasteiger partial charge in [-0.3, -0.25) is 9.20 Å². The number of thiazole rings is 1. The third kappa shape index (κ3) is 9.04. The topological polar surface area (TPSA) is 86.6 Å². The summed E-state index contributed by atoms with van der Waals surface area (Å²) in [7, 11) is -0.434. The van der Waals surface area contributed by atoms with Gasteiger partial charge in [-0.05, 0) is 68.4 Å². The van der Waals surface area contributed by atoms with Crippen molar-refractivity contribution in [3.63, 3.8) is 0 Å². The first-order valence-corrected chi connectivity index (χ1v) is 21.5. The van der Waals surface area contributed by atoms with Crippen LogP contribution in [0.3, 0.4) is 0 Å². The molecule has 0 spiro atoms. The van der Waals surface area contributed by atoms with E-state index in [9.17, 15) is 4.79 Å². The van der Waals surface area contributed by atoms with Crippen molar-refractivity contribution in [1.29, 1.82) is 0 Å². The Morgan fingerprint density at radius 3 is 2.21 bits per heavy atom. The van der Waals surface area contributed by atoms with Gasteiger partial charge in [-0.1, -0.05) is 93.6 Å². The summed E-state index contributed by atoms with van der Waals surface area (Å²) in [6, 6.07) is 29.8. The number of anilines is 1. The first kappa shape index (κ1) is 38.4. The summed E-state index contributed by atoms with van der Waals surface area (Å²) in [5, 5.41) is 7.88. The van der Waals surface area contributed by atoms with E-state index in [4.69, 9.17) is 23.6 Å². The van der Waals surface area contributed by atoms with E-state index in [0.717, 1.165) is 25.3 Å². The average molecular weight is 806 g/mol. The molecule has 12 heteroatoms. The predicted molar refractivity (Wildman–Crippen MR) is 216 cm³/mol. The smallest absolute Gasteiger partial charge is 0.275 e. The number of ether oxygens (including phenoxy) is 3. The molecule has 1 saturated heterocycles. The lowest BCUT2D eigenvalue weighted by Crippen LogP contribution is -2.66. The fourth-order valence-electron chi connectivity index (χ4n) is 7.23.